The second-order valence-electron chi connectivity index (χ2n) is 6.31. The number of rotatable bonds is 4. The van der Waals surface area contributed by atoms with Crippen LogP contribution in [0, 0.1) is 0 Å². The molecule has 3 atom stereocenters. The summed E-state index contributed by atoms with van der Waals surface area (Å²) in [5.41, 5.74) is 0.872. The molecule has 0 bridgehead atoms. The van der Waals surface area contributed by atoms with Crippen molar-refractivity contribution in [3.63, 3.8) is 0 Å². The normalized spacial score (nSPS) is 26.8. The predicted molar refractivity (Wildman–Crippen MR) is 91.6 cm³/mol. The van der Waals surface area contributed by atoms with Crippen LogP contribution in [-0.4, -0.2) is 101 Å². The Morgan fingerprint density at radius 1 is 1.29 bits per heavy atom. The first-order chi connectivity index (χ1) is 10.8. The van der Waals surface area contributed by atoms with Crippen LogP contribution in [0.3, 0.4) is 0 Å². The monoisotopic (exact) mass is 373 g/mol. The smallest absolute Gasteiger partial charge is 0.327 e. The molecule has 24 heavy (non-hydrogen) atoms. The molecule has 2 saturated heterocycles. The molecule has 0 aromatic heterocycles. The van der Waals surface area contributed by atoms with Gasteiger partial charge in [0, 0.05) is 56.1 Å². The fourth-order valence-corrected chi connectivity index (χ4v) is 4.78. The maximum absolute atomic E-state index is 12.3. The third-order valence-corrected chi connectivity index (χ3v) is 5.77. The Labute approximate surface area is 187 Å². The van der Waals surface area contributed by atoms with E-state index in [1.807, 2.05) is 44.2 Å². The molecule has 123 valence electrons. The van der Waals surface area contributed by atoms with E-state index in [9.17, 15) is 19.5 Å². The van der Waals surface area contributed by atoms with Crippen molar-refractivity contribution in [3.05, 3.63) is 35.9 Å². The van der Waals surface area contributed by atoms with Crippen molar-refractivity contribution in [2.24, 2.45) is 0 Å². The fraction of sp³-hybridized carbons (Fsp3) is 0.438. The molecule has 2 N–H and O–H groups in total. The third-order valence-electron chi connectivity index (χ3n) is 4.20. The molecule has 0 aliphatic carbocycles. The Morgan fingerprint density at radius 2 is 1.92 bits per heavy atom. The average molecular weight is 373 g/mol. The molecule has 6 nitrogen and oxygen atoms in total. The second-order valence-corrected chi connectivity index (χ2v) is 8.08. The van der Waals surface area contributed by atoms with Crippen LogP contribution in [0.4, 0.5) is 0 Å². The van der Waals surface area contributed by atoms with E-state index in [0.29, 0.717) is 0 Å². The summed E-state index contributed by atoms with van der Waals surface area (Å²) in [7, 11) is 0. The average Bonchev–Trinajstić information content (AvgIpc) is 2.74. The van der Waals surface area contributed by atoms with Crippen molar-refractivity contribution in [2.45, 2.75) is 42.5 Å². The number of carbonyl (C=O) groups is 3. The summed E-state index contributed by atoms with van der Waals surface area (Å²) in [6, 6.07) is 7.78. The maximum Gasteiger partial charge on any atom is 0.327 e. The summed E-state index contributed by atoms with van der Waals surface area (Å²) in [6.07, 6.45) is 0.202. The fourth-order valence-electron chi connectivity index (χ4n) is 3.15. The maximum atomic E-state index is 12.3. The van der Waals surface area contributed by atoms with Crippen LogP contribution >= 0.6 is 11.8 Å². The number of carboxylic acids is 1. The largest absolute Gasteiger partial charge is 0.480 e. The van der Waals surface area contributed by atoms with E-state index in [2.05, 4.69) is 5.32 Å². The van der Waals surface area contributed by atoms with E-state index in [-0.39, 0.29) is 75.0 Å². The molecule has 3 rings (SSSR count). The molecule has 8 heteroatoms. The van der Waals surface area contributed by atoms with Gasteiger partial charge in [0.15, 0.2) is 0 Å². The third kappa shape index (κ3) is 3.59. The van der Waals surface area contributed by atoms with Crippen molar-refractivity contribution >= 4 is 80.9 Å². The topological polar surface area (TPSA) is 86.7 Å². The number of fused-ring (bicyclic) bond motifs is 1. The minimum absolute atomic E-state index is 0. The van der Waals surface area contributed by atoms with Gasteiger partial charge in [-0.05, 0) is 19.4 Å². The standard InChI is InChI=1S/C16H18N2O4S.K/c1-16(2)12(15(21)22)18-13(20)11(14(18)23-16)17-10(19)8-9-6-4-3-5-7-9;/h3-7,11-12,14H,8H2,1-2H3,(H,17,19)(H,21,22);/t11-,12+,14-;/m1./s1. The van der Waals surface area contributed by atoms with Crippen LogP contribution in [0.25, 0.3) is 0 Å². The summed E-state index contributed by atoms with van der Waals surface area (Å²) in [4.78, 5) is 37.2. The first-order valence-corrected chi connectivity index (χ1v) is 8.25. The number of hydrogen-bond acceptors (Lipinski definition) is 4. The number of hydrogen-bond donors (Lipinski definition) is 2. The van der Waals surface area contributed by atoms with Gasteiger partial charge in [-0.2, -0.15) is 0 Å². The van der Waals surface area contributed by atoms with Gasteiger partial charge in [0.1, 0.15) is 17.5 Å². The molecule has 0 unspecified atom stereocenters. The van der Waals surface area contributed by atoms with Crippen LogP contribution < -0.4 is 5.32 Å². The van der Waals surface area contributed by atoms with Crippen LogP contribution in [0.1, 0.15) is 19.4 Å². The molecule has 1 aromatic carbocycles. The van der Waals surface area contributed by atoms with Crippen molar-refractivity contribution < 1.29 is 19.5 Å². The Hall–Kier alpha value is -0.384. The summed E-state index contributed by atoms with van der Waals surface area (Å²) in [5, 5.41) is 11.8. The number of carboxylic acid groups (broad SMARTS) is 1. The molecular formula is C16H18KN2O4S. The quantitative estimate of drug-likeness (QED) is 0.592. The number of aliphatic carboxylic acids is 1. The zero-order valence-corrected chi connectivity index (χ0v) is 17.8. The van der Waals surface area contributed by atoms with Crippen molar-refractivity contribution in [2.75, 3.05) is 0 Å². The van der Waals surface area contributed by atoms with E-state index < -0.39 is 22.8 Å². The number of carbonyl (C=O) groups excluding carboxylic acids is 2. The molecular weight excluding hydrogens is 355 g/mol. The van der Waals surface area contributed by atoms with Gasteiger partial charge in [0.25, 0.3) is 0 Å². The molecule has 2 aliphatic rings. The molecule has 2 aliphatic heterocycles. The number of β-lactam (4-membered cyclic amide) rings is 1. The van der Waals surface area contributed by atoms with Crippen molar-refractivity contribution in [1.82, 2.24) is 10.2 Å². The Balaban J connectivity index is 0.00000208. The molecule has 1 aromatic rings. The zero-order chi connectivity index (χ0) is 16.8. The molecule has 2 fully saturated rings. The van der Waals surface area contributed by atoms with Gasteiger partial charge in [-0.25, -0.2) is 4.79 Å². The number of nitrogens with zero attached hydrogens (tertiary/aromatic N) is 1. The Kier molecular flexibility index (Phi) is 6.20. The number of thioether (sulfide) groups is 1. The van der Waals surface area contributed by atoms with E-state index >= 15 is 0 Å². The number of benzene rings is 1. The molecule has 2 heterocycles. The van der Waals surface area contributed by atoms with Crippen molar-refractivity contribution in [3.8, 4) is 0 Å². The summed E-state index contributed by atoms with van der Waals surface area (Å²) >= 11 is 1.42. The first-order valence-electron chi connectivity index (χ1n) is 7.37. The van der Waals surface area contributed by atoms with E-state index in [1.54, 1.807) is 0 Å². The van der Waals surface area contributed by atoms with Gasteiger partial charge in [0.2, 0.25) is 11.8 Å². The number of nitrogens with one attached hydrogen (secondary N) is 1. The van der Waals surface area contributed by atoms with Gasteiger partial charge < -0.3 is 15.3 Å². The summed E-state index contributed by atoms with van der Waals surface area (Å²) < 4.78 is -0.578. The molecule has 0 saturated carbocycles. The van der Waals surface area contributed by atoms with Crippen LogP contribution in [0.5, 0.6) is 0 Å². The van der Waals surface area contributed by atoms with Crippen LogP contribution in [0.2, 0.25) is 0 Å². The second kappa shape index (κ2) is 7.47. The van der Waals surface area contributed by atoms with Gasteiger partial charge >= 0.3 is 5.97 Å². The SMILES string of the molecule is CC1(C)S[C@@H]2[C@H](NC(=O)Cc3ccccc3)C(=O)N2[C@H]1C(=O)O.[K]. The van der Waals surface area contributed by atoms with E-state index in [1.165, 1.54) is 16.7 Å². The minimum atomic E-state index is -1.01. The molecule has 2 amide bonds. The first kappa shape index (κ1) is 19.9. The van der Waals surface area contributed by atoms with Gasteiger partial charge in [-0.1, -0.05) is 30.3 Å². The molecule has 1 radical (unpaired) electrons. The van der Waals surface area contributed by atoms with Crippen LogP contribution in [0.15, 0.2) is 30.3 Å². The summed E-state index contributed by atoms with van der Waals surface area (Å²) in [5.74, 6) is -1.55. The predicted octanol–water partition coefficient (Wildman–Crippen LogP) is 0.480. The zero-order valence-electron chi connectivity index (χ0n) is 13.9. The van der Waals surface area contributed by atoms with E-state index in [0.717, 1.165) is 5.56 Å². The minimum Gasteiger partial charge on any atom is -0.480 e. The van der Waals surface area contributed by atoms with Crippen LogP contribution in [-0.2, 0) is 20.8 Å². The summed E-state index contributed by atoms with van der Waals surface area (Å²) in [6.45, 7) is 3.62. The Morgan fingerprint density at radius 3 is 2.50 bits per heavy atom. The Bertz CT molecular complexity index is 667. The van der Waals surface area contributed by atoms with Crippen molar-refractivity contribution in [1.29, 1.82) is 0 Å². The number of amides is 2. The van der Waals surface area contributed by atoms with Gasteiger partial charge in [0.05, 0.1) is 6.42 Å². The van der Waals surface area contributed by atoms with Gasteiger partial charge in [-0.15, -0.1) is 11.8 Å². The van der Waals surface area contributed by atoms with Gasteiger partial charge in [-0.3, -0.25) is 9.59 Å². The molecule has 0 spiro atoms. The van der Waals surface area contributed by atoms with E-state index in [4.69, 9.17) is 0 Å².